The maximum atomic E-state index is 14.3. The monoisotopic (exact) mass is 982 g/mol. The summed E-state index contributed by atoms with van der Waals surface area (Å²) in [6.45, 7) is 16.9. The normalized spacial score (nSPS) is 24.9. The number of carbonyl (C=O) groups is 5. The van der Waals surface area contributed by atoms with E-state index >= 15 is 0 Å². The molecule has 4 aromatic rings. The lowest BCUT2D eigenvalue weighted by Gasteiger charge is -2.52. The van der Waals surface area contributed by atoms with Gasteiger partial charge in [0.25, 0.3) is 17.7 Å². The van der Waals surface area contributed by atoms with Crippen molar-refractivity contribution in [2.75, 3.05) is 72.9 Å². The highest BCUT2D eigenvalue weighted by Gasteiger charge is 2.48. The molecule has 72 heavy (non-hydrogen) atoms. The van der Waals surface area contributed by atoms with Gasteiger partial charge in [0.05, 0.1) is 59.7 Å². The van der Waals surface area contributed by atoms with Crippen molar-refractivity contribution >= 4 is 58.1 Å². The molecule has 380 valence electrons. The number of rotatable bonds is 10. The van der Waals surface area contributed by atoms with Gasteiger partial charge >= 0.3 is 0 Å². The molecular weight excluding hydrogens is 915 g/mol. The number of piperazine rings is 1. The van der Waals surface area contributed by atoms with Crippen molar-refractivity contribution < 1.29 is 33.8 Å². The number of imide groups is 2. The van der Waals surface area contributed by atoms with Gasteiger partial charge in [-0.05, 0) is 119 Å². The Kier molecular flexibility index (Phi) is 12.1. The molecule has 3 aromatic heterocycles. The molecule has 1 aliphatic carbocycles. The molecule has 0 bridgehead atoms. The highest BCUT2D eigenvalue weighted by atomic mass is 16.5. The van der Waals surface area contributed by atoms with Gasteiger partial charge in [-0.25, -0.2) is 9.97 Å². The number of ether oxygens (including phenoxy) is 1. The highest BCUT2D eigenvalue weighted by molar-refractivity contribution is 6.23. The SMILES string of the molecule is COc1ncc(N2CCC[C@H](N3CCn4c(cc5c4CC(C)(C)C5)C3=O)[C@H]2C(C)(C)O)cc1Nc1ccc(N2CCN(C3CCN(c4ccc5c(c4)C(=O)N(C4CCC(=O)NC4=O)C5=O)CC3)C[C@@H]2C)cn1. The maximum absolute atomic E-state index is 14.3. The zero-order valence-electron chi connectivity index (χ0n) is 42.3. The van der Waals surface area contributed by atoms with Crippen LogP contribution in [-0.4, -0.2) is 153 Å². The minimum absolute atomic E-state index is 0.0478. The molecule has 0 spiro atoms. The first kappa shape index (κ1) is 47.8. The Morgan fingerprint density at radius 3 is 2.25 bits per heavy atom. The zero-order valence-corrected chi connectivity index (χ0v) is 42.3. The molecule has 18 heteroatoms. The summed E-state index contributed by atoms with van der Waals surface area (Å²) in [6, 6.07) is 12.7. The number of pyridine rings is 2. The van der Waals surface area contributed by atoms with E-state index in [1.54, 1.807) is 25.4 Å². The van der Waals surface area contributed by atoms with Crippen LogP contribution in [0.3, 0.4) is 0 Å². The van der Waals surface area contributed by atoms with Crippen LogP contribution in [0.15, 0.2) is 54.9 Å². The van der Waals surface area contributed by atoms with Gasteiger partial charge in [-0.15, -0.1) is 0 Å². The van der Waals surface area contributed by atoms with Crippen LogP contribution in [0.25, 0.3) is 0 Å². The van der Waals surface area contributed by atoms with Crippen LogP contribution in [0.2, 0.25) is 0 Å². The number of methoxy groups -OCH3 is 1. The number of benzene rings is 1. The third-order valence-corrected chi connectivity index (χ3v) is 16.5. The summed E-state index contributed by atoms with van der Waals surface area (Å²) >= 11 is 0. The number of nitrogens with zero attached hydrogens (tertiary/aromatic N) is 9. The van der Waals surface area contributed by atoms with Crippen LogP contribution >= 0.6 is 0 Å². The number of hydrogen-bond acceptors (Lipinski definition) is 14. The molecular formula is C54H67N11O7. The van der Waals surface area contributed by atoms with Gasteiger partial charge in [-0.1, -0.05) is 13.8 Å². The van der Waals surface area contributed by atoms with Crippen LogP contribution in [0, 0.1) is 5.41 Å². The van der Waals surface area contributed by atoms with Crippen molar-refractivity contribution in [1.29, 1.82) is 0 Å². The Hall–Kier alpha value is -6.53. The smallest absolute Gasteiger partial charge is 0.270 e. The first-order valence-electron chi connectivity index (χ1n) is 25.9. The third-order valence-electron chi connectivity index (χ3n) is 16.5. The third kappa shape index (κ3) is 8.52. The van der Waals surface area contributed by atoms with Crippen molar-refractivity contribution in [3.8, 4) is 5.88 Å². The summed E-state index contributed by atoms with van der Waals surface area (Å²) in [4.78, 5) is 87.4. The number of nitrogens with one attached hydrogen (secondary N) is 2. The predicted octanol–water partition coefficient (Wildman–Crippen LogP) is 5.00. The summed E-state index contributed by atoms with van der Waals surface area (Å²) in [5.41, 5.74) is 6.46. The summed E-state index contributed by atoms with van der Waals surface area (Å²) in [6.07, 6.45) is 9.48. The summed E-state index contributed by atoms with van der Waals surface area (Å²) in [7, 11) is 1.60. The number of hydrogen-bond donors (Lipinski definition) is 3. The van der Waals surface area contributed by atoms with Crippen molar-refractivity contribution in [3.63, 3.8) is 0 Å². The second-order valence-electron chi connectivity index (χ2n) is 22.4. The topological polar surface area (TPSA) is 189 Å². The molecule has 1 unspecified atom stereocenters. The average Bonchev–Trinajstić information content (AvgIpc) is 3.94. The fraction of sp³-hybridized carbons (Fsp3) is 0.537. The Balaban J connectivity index is 0.712. The lowest BCUT2D eigenvalue weighted by molar-refractivity contribution is -0.136. The highest BCUT2D eigenvalue weighted by Crippen LogP contribution is 2.42. The molecule has 4 saturated heterocycles. The van der Waals surface area contributed by atoms with E-state index < -0.39 is 35.3 Å². The van der Waals surface area contributed by atoms with Crippen molar-refractivity contribution in [3.05, 3.63) is 82.9 Å². The number of carbonyl (C=O) groups excluding carboxylic acids is 5. The lowest BCUT2D eigenvalue weighted by atomic mass is 9.83. The van der Waals surface area contributed by atoms with Gasteiger partial charge in [-0.2, -0.15) is 0 Å². The minimum Gasteiger partial charge on any atom is -0.480 e. The van der Waals surface area contributed by atoms with Gasteiger partial charge in [0.2, 0.25) is 17.7 Å². The second kappa shape index (κ2) is 18.2. The molecule has 4 fully saturated rings. The number of amides is 5. The molecule has 6 aliphatic heterocycles. The summed E-state index contributed by atoms with van der Waals surface area (Å²) < 4.78 is 8.00. The molecule has 4 atom stereocenters. The predicted molar refractivity (Wildman–Crippen MR) is 272 cm³/mol. The van der Waals surface area contributed by atoms with Gasteiger partial charge in [-0.3, -0.25) is 39.1 Å². The van der Waals surface area contributed by atoms with Crippen LogP contribution in [-0.2, 0) is 29.0 Å². The number of aromatic nitrogens is 3. The van der Waals surface area contributed by atoms with Gasteiger partial charge in [0, 0.05) is 82.2 Å². The first-order valence-corrected chi connectivity index (χ1v) is 25.9. The fourth-order valence-electron chi connectivity index (χ4n) is 13.2. The van der Waals surface area contributed by atoms with Gasteiger partial charge in [0.1, 0.15) is 23.2 Å². The van der Waals surface area contributed by atoms with Crippen molar-refractivity contribution in [2.45, 2.75) is 128 Å². The van der Waals surface area contributed by atoms with E-state index in [0.29, 0.717) is 47.6 Å². The minimum atomic E-state index is -1.13. The van der Waals surface area contributed by atoms with Crippen LogP contribution in [0.4, 0.5) is 28.6 Å². The Bertz CT molecular complexity index is 2830. The van der Waals surface area contributed by atoms with E-state index in [9.17, 15) is 29.1 Å². The largest absolute Gasteiger partial charge is 0.480 e. The van der Waals surface area contributed by atoms with Crippen LogP contribution in [0.1, 0.15) is 116 Å². The molecule has 3 N–H and O–H groups in total. The molecule has 0 radical (unpaired) electrons. The van der Waals surface area contributed by atoms with E-state index in [2.05, 4.69) is 67.7 Å². The Morgan fingerprint density at radius 1 is 0.778 bits per heavy atom. The number of fused-ring (bicyclic) bond motifs is 4. The van der Waals surface area contributed by atoms with Crippen LogP contribution in [0.5, 0.6) is 5.88 Å². The number of aliphatic hydroxyl groups is 1. The van der Waals surface area contributed by atoms with Gasteiger partial charge < -0.3 is 39.3 Å². The molecule has 11 rings (SSSR count). The van der Waals surface area contributed by atoms with Crippen LogP contribution < -0.4 is 30.1 Å². The molecule has 5 amide bonds. The maximum Gasteiger partial charge on any atom is 0.270 e. The standard InChI is InChI=1S/C54H67N11O7/c1-32-31-60(34-15-18-59(19-16-34)35-9-11-38-39(25-35)51(69)65(50(38)68)42-12-14-46(66)58-48(42)67)20-21-61(32)36-10-13-45(55-29-36)57-40-26-37(30-56-49(40)72-6)62-17-7-8-41(47(62)54(4,5)71)64-23-22-63-43(52(64)70)24-33-27-53(2,3)28-44(33)63/h9-11,13,24-26,29-30,32,34,41-42,47,71H,7-8,12,14-23,27-28,31H2,1-6H3,(H,55,57)(H,58,66,67)/t32-,41-,42?,47-/m0/s1. The summed E-state index contributed by atoms with van der Waals surface area (Å²) in [5.74, 6) is -0.867. The Labute approximate surface area is 420 Å². The molecule has 7 aliphatic rings. The van der Waals surface area contributed by atoms with Crippen molar-refractivity contribution in [2.24, 2.45) is 5.41 Å². The number of anilines is 5. The van der Waals surface area contributed by atoms with Gasteiger partial charge in [0.15, 0.2) is 0 Å². The number of piperidine rings is 3. The second-order valence-corrected chi connectivity index (χ2v) is 22.4. The molecule has 0 saturated carbocycles. The zero-order chi connectivity index (χ0) is 50.4. The van der Waals surface area contributed by atoms with E-state index in [-0.39, 0.29) is 42.3 Å². The van der Waals surface area contributed by atoms with E-state index in [0.717, 1.165) is 105 Å². The lowest BCUT2D eigenvalue weighted by Crippen LogP contribution is -2.65. The fourth-order valence-corrected chi connectivity index (χ4v) is 13.2. The average molecular weight is 982 g/mol. The molecule has 9 heterocycles. The van der Waals surface area contributed by atoms with Crippen molar-refractivity contribution in [1.82, 2.24) is 34.6 Å². The molecule has 18 nitrogen and oxygen atoms in total. The van der Waals surface area contributed by atoms with E-state index in [4.69, 9.17) is 14.7 Å². The van der Waals surface area contributed by atoms with E-state index in [1.165, 1.54) is 11.3 Å². The van der Waals surface area contributed by atoms with E-state index in [1.807, 2.05) is 43.1 Å². The Morgan fingerprint density at radius 2 is 1.53 bits per heavy atom. The summed E-state index contributed by atoms with van der Waals surface area (Å²) in [5, 5.41) is 17.6. The first-order chi connectivity index (χ1) is 34.5. The quantitative estimate of drug-likeness (QED) is 0.180. The molecule has 1 aromatic carbocycles.